The number of carbonyl (C=O) groups excluding carboxylic acids is 2. The van der Waals surface area contributed by atoms with Crippen molar-refractivity contribution < 1.29 is 14.0 Å². The Balaban J connectivity index is 1.37. The van der Waals surface area contributed by atoms with E-state index in [0.29, 0.717) is 19.5 Å². The van der Waals surface area contributed by atoms with Gasteiger partial charge in [-0.1, -0.05) is 6.07 Å². The summed E-state index contributed by atoms with van der Waals surface area (Å²) in [6.45, 7) is 0.660. The summed E-state index contributed by atoms with van der Waals surface area (Å²) in [4.78, 5) is 30.7. The van der Waals surface area contributed by atoms with Crippen LogP contribution in [0.3, 0.4) is 0 Å². The third-order valence-corrected chi connectivity index (χ3v) is 5.69. The van der Waals surface area contributed by atoms with E-state index in [9.17, 15) is 14.0 Å². The van der Waals surface area contributed by atoms with Gasteiger partial charge in [-0.2, -0.15) is 0 Å². The lowest BCUT2D eigenvalue weighted by atomic mass is 9.82. The number of hydrogen-bond acceptors (Lipinski definition) is 5. The molecule has 140 valence electrons. The smallest absolute Gasteiger partial charge is 0.225 e. The maximum absolute atomic E-state index is 14.4. The van der Waals surface area contributed by atoms with E-state index in [2.05, 4.69) is 21.2 Å². The Hall–Kier alpha value is -2.06. The minimum absolute atomic E-state index is 0.0496. The molecule has 0 bridgehead atoms. The first-order valence-corrected chi connectivity index (χ1v) is 9.25. The molecule has 0 radical (unpaired) electrons. The highest BCUT2D eigenvalue weighted by Gasteiger charge is 2.49. The number of rotatable bonds is 4. The number of nitrogens with one attached hydrogen (secondary N) is 3. The molecule has 0 spiro atoms. The minimum Gasteiger partial charge on any atom is -0.350 e. The van der Waals surface area contributed by atoms with Crippen LogP contribution in [-0.2, 0) is 16.1 Å². The van der Waals surface area contributed by atoms with Crippen molar-refractivity contribution >= 4 is 11.8 Å². The van der Waals surface area contributed by atoms with Gasteiger partial charge in [0.2, 0.25) is 11.8 Å². The van der Waals surface area contributed by atoms with Crippen LogP contribution in [0.4, 0.5) is 4.39 Å². The van der Waals surface area contributed by atoms with Crippen molar-refractivity contribution in [3.63, 3.8) is 0 Å². The lowest BCUT2D eigenvalue weighted by Gasteiger charge is -2.34. The van der Waals surface area contributed by atoms with Crippen LogP contribution in [0, 0.1) is 11.8 Å². The monoisotopic (exact) mass is 361 g/mol. The summed E-state index contributed by atoms with van der Waals surface area (Å²) in [5, 5.41) is 2.85. The predicted octanol–water partition coefficient (Wildman–Crippen LogP) is 0.487. The van der Waals surface area contributed by atoms with Gasteiger partial charge in [-0.25, -0.2) is 9.82 Å². The number of fused-ring (bicyclic) bond motifs is 1. The number of carbonyl (C=O) groups is 2. The second kappa shape index (κ2) is 7.28. The maximum atomic E-state index is 14.4. The third-order valence-electron chi connectivity index (χ3n) is 5.69. The molecule has 4 rings (SSSR count). The molecule has 3 aliphatic rings. The molecule has 2 amide bonds. The molecule has 2 saturated heterocycles. The Bertz CT molecular complexity index is 673. The molecular weight excluding hydrogens is 337 g/mol. The van der Waals surface area contributed by atoms with Crippen LogP contribution in [0.15, 0.2) is 24.4 Å². The molecule has 1 aliphatic carbocycles. The molecule has 1 aromatic rings. The molecule has 1 aromatic heterocycles. The number of nitrogens with zero attached hydrogens (tertiary/aromatic N) is 2. The second-order valence-electron chi connectivity index (χ2n) is 7.35. The predicted molar refractivity (Wildman–Crippen MR) is 92.0 cm³/mol. The first-order chi connectivity index (χ1) is 12.6. The molecule has 2 aliphatic heterocycles. The summed E-state index contributed by atoms with van der Waals surface area (Å²) in [6.07, 6.45) is 2.84. The van der Waals surface area contributed by atoms with Crippen molar-refractivity contribution in [3.8, 4) is 0 Å². The number of pyridine rings is 1. The standard InChI is InChI=1S/C18H24FN5O2/c19-13-5-3-6-14-16(13)17(23-22-14)24-10-11(8-15(24)25)18(26)21-9-12-4-1-2-7-20-12/h1-2,4,7,11,13-14,16-17,22-23H,3,5-6,8-10H2,(H,21,26). The average molecular weight is 361 g/mol. The molecule has 5 unspecified atom stereocenters. The number of alkyl halides is 1. The number of halogens is 1. The van der Waals surface area contributed by atoms with Gasteiger partial charge in [0.25, 0.3) is 0 Å². The molecular formula is C18H24FN5O2. The van der Waals surface area contributed by atoms with Crippen molar-refractivity contribution in [3.05, 3.63) is 30.1 Å². The van der Waals surface area contributed by atoms with Crippen LogP contribution >= 0.6 is 0 Å². The highest BCUT2D eigenvalue weighted by atomic mass is 19.1. The van der Waals surface area contributed by atoms with Crippen LogP contribution in [0.5, 0.6) is 0 Å². The first kappa shape index (κ1) is 17.4. The Kier molecular flexibility index (Phi) is 4.86. The van der Waals surface area contributed by atoms with Crippen molar-refractivity contribution in [2.45, 2.75) is 50.6 Å². The summed E-state index contributed by atoms with van der Waals surface area (Å²) in [5.74, 6) is -0.910. The molecule has 7 nitrogen and oxygen atoms in total. The number of amides is 2. The minimum atomic E-state index is -0.925. The zero-order valence-corrected chi connectivity index (χ0v) is 14.5. The van der Waals surface area contributed by atoms with Crippen LogP contribution in [0.25, 0.3) is 0 Å². The molecule has 5 atom stereocenters. The molecule has 3 N–H and O–H groups in total. The molecule has 8 heteroatoms. The van der Waals surface area contributed by atoms with Gasteiger partial charge in [0, 0.05) is 31.1 Å². The van der Waals surface area contributed by atoms with Gasteiger partial charge in [0.15, 0.2) is 0 Å². The highest BCUT2D eigenvalue weighted by Crippen LogP contribution is 2.35. The van der Waals surface area contributed by atoms with Crippen LogP contribution in [-0.4, -0.2) is 46.6 Å². The van der Waals surface area contributed by atoms with Crippen molar-refractivity contribution in [1.29, 1.82) is 0 Å². The molecule has 1 saturated carbocycles. The Morgan fingerprint density at radius 1 is 1.35 bits per heavy atom. The molecule has 3 fully saturated rings. The van der Waals surface area contributed by atoms with E-state index in [0.717, 1.165) is 18.5 Å². The largest absolute Gasteiger partial charge is 0.350 e. The summed E-state index contributed by atoms with van der Waals surface area (Å²) in [7, 11) is 0. The lowest BCUT2D eigenvalue weighted by molar-refractivity contribution is -0.131. The Labute approximate surface area is 151 Å². The van der Waals surface area contributed by atoms with Gasteiger partial charge in [-0.3, -0.25) is 20.0 Å². The third kappa shape index (κ3) is 3.31. The van der Waals surface area contributed by atoms with Crippen LogP contribution < -0.4 is 16.2 Å². The van der Waals surface area contributed by atoms with Gasteiger partial charge in [-0.15, -0.1) is 0 Å². The quantitative estimate of drug-likeness (QED) is 0.727. The van der Waals surface area contributed by atoms with Gasteiger partial charge in [-0.05, 0) is 31.4 Å². The number of hydrazine groups is 1. The fraction of sp³-hybridized carbons (Fsp3) is 0.611. The molecule has 26 heavy (non-hydrogen) atoms. The molecule has 0 aromatic carbocycles. The van der Waals surface area contributed by atoms with E-state index in [4.69, 9.17) is 0 Å². The Morgan fingerprint density at radius 3 is 3.04 bits per heavy atom. The summed E-state index contributed by atoms with van der Waals surface area (Å²) < 4.78 is 14.4. The van der Waals surface area contributed by atoms with E-state index in [-0.39, 0.29) is 36.4 Å². The second-order valence-corrected chi connectivity index (χ2v) is 7.35. The van der Waals surface area contributed by atoms with Gasteiger partial charge < -0.3 is 10.2 Å². The lowest BCUT2D eigenvalue weighted by Crippen LogP contribution is -2.50. The van der Waals surface area contributed by atoms with E-state index in [1.807, 2.05) is 18.2 Å². The van der Waals surface area contributed by atoms with Crippen molar-refractivity contribution in [2.75, 3.05) is 6.54 Å². The topological polar surface area (TPSA) is 86.4 Å². The highest BCUT2D eigenvalue weighted by molar-refractivity contribution is 5.89. The summed E-state index contributed by atoms with van der Waals surface area (Å²) in [5.41, 5.74) is 7.00. The summed E-state index contributed by atoms with van der Waals surface area (Å²) >= 11 is 0. The number of aromatic nitrogens is 1. The number of likely N-dealkylation sites (tertiary alicyclic amines) is 1. The summed E-state index contributed by atoms with van der Waals surface area (Å²) in [6, 6.07) is 5.57. The van der Waals surface area contributed by atoms with Crippen LogP contribution in [0.1, 0.15) is 31.4 Å². The first-order valence-electron chi connectivity index (χ1n) is 9.25. The van der Waals surface area contributed by atoms with Crippen molar-refractivity contribution in [2.24, 2.45) is 11.8 Å². The van der Waals surface area contributed by atoms with Gasteiger partial charge >= 0.3 is 0 Å². The van der Waals surface area contributed by atoms with E-state index in [1.54, 1.807) is 11.1 Å². The number of hydrogen-bond donors (Lipinski definition) is 3. The van der Waals surface area contributed by atoms with Crippen molar-refractivity contribution in [1.82, 2.24) is 26.1 Å². The average Bonchev–Trinajstić information content (AvgIpc) is 3.25. The van der Waals surface area contributed by atoms with Gasteiger partial charge in [0.05, 0.1) is 18.2 Å². The fourth-order valence-corrected chi connectivity index (χ4v) is 4.33. The van der Waals surface area contributed by atoms with Crippen LogP contribution in [0.2, 0.25) is 0 Å². The van der Waals surface area contributed by atoms with Gasteiger partial charge in [0.1, 0.15) is 12.3 Å². The molecule has 3 heterocycles. The fourth-order valence-electron chi connectivity index (χ4n) is 4.33. The zero-order valence-electron chi connectivity index (χ0n) is 14.5. The van der Waals surface area contributed by atoms with E-state index in [1.165, 1.54) is 0 Å². The maximum Gasteiger partial charge on any atom is 0.225 e. The van der Waals surface area contributed by atoms with E-state index >= 15 is 0 Å². The normalized spacial score (nSPS) is 34.0. The SMILES string of the molecule is O=C(NCc1ccccn1)C1CC(=O)N(C2NNC3CCCC(F)C32)C1. The Morgan fingerprint density at radius 2 is 2.23 bits per heavy atom. The zero-order chi connectivity index (χ0) is 18.1. The van der Waals surface area contributed by atoms with E-state index < -0.39 is 12.1 Å².